The normalized spacial score (nSPS) is 17.2. The van der Waals surface area contributed by atoms with Crippen LogP contribution in [0.4, 0.5) is 5.69 Å². The van der Waals surface area contributed by atoms with E-state index in [0.717, 1.165) is 50.1 Å². The molecule has 0 spiro atoms. The molecular weight excluding hydrogens is 372 g/mol. The van der Waals surface area contributed by atoms with Crippen molar-refractivity contribution in [3.8, 4) is 0 Å². The van der Waals surface area contributed by atoms with Gasteiger partial charge < -0.3 is 20.1 Å². The molecule has 2 aliphatic rings. The number of likely N-dealkylation sites (N-methyl/N-ethyl adjacent to an activating group) is 1. The first kappa shape index (κ1) is 19.2. The van der Waals surface area contributed by atoms with Gasteiger partial charge in [0.25, 0.3) is 5.91 Å². The summed E-state index contributed by atoms with van der Waals surface area (Å²) < 4.78 is 0. The number of aromatic nitrogens is 1. The molecule has 5 heteroatoms. The van der Waals surface area contributed by atoms with Crippen molar-refractivity contribution in [2.24, 2.45) is 0 Å². The molecule has 156 valence electrons. The van der Waals surface area contributed by atoms with Gasteiger partial charge >= 0.3 is 0 Å². The van der Waals surface area contributed by atoms with Crippen molar-refractivity contribution in [1.29, 1.82) is 0 Å². The lowest BCUT2D eigenvalue weighted by atomic mass is 9.95. The third kappa shape index (κ3) is 3.70. The zero-order chi connectivity index (χ0) is 20.5. The Morgan fingerprint density at radius 3 is 2.70 bits per heavy atom. The third-order valence-corrected chi connectivity index (χ3v) is 6.64. The number of H-pyrrole nitrogens is 1. The first-order valence-corrected chi connectivity index (χ1v) is 11.1. The fourth-order valence-corrected chi connectivity index (χ4v) is 4.84. The van der Waals surface area contributed by atoms with Gasteiger partial charge in [0, 0.05) is 60.6 Å². The molecule has 5 rings (SSSR count). The Morgan fingerprint density at radius 1 is 1.03 bits per heavy atom. The summed E-state index contributed by atoms with van der Waals surface area (Å²) in [7, 11) is 2.17. The Kier molecular flexibility index (Phi) is 5.21. The van der Waals surface area contributed by atoms with Crippen molar-refractivity contribution >= 4 is 22.5 Å². The number of hydrogen-bond acceptors (Lipinski definition) is 3. The summed E-state index contributed by atoms with van der Waals surface area (Å²) in [5.41, 5.74) is 7.07. The number of piperazine rings is 1. The van der Waals surface area contributed by atoms with Gasteiger partial charge in [-0.1, -0.05) is 18.2 Å². The van der Waals surface area contributed by atoms with E-state index in [9.17, 15) is 4.79 Å². The van der Waals surface area contributed by atoms with Crippen molar-refractivity contribution in [3.05, 3.63) is 64.8 Å². The minimum Gasteiger partial charge on any atom is -0.369 e. The maximum atomic E-state index is 12.9. The Bertz CT molecular complexity index is 1060. The van der Waals surface area contributed by atoms with E-state index in [1.807, 2.05) is 6.07 Å². The Morgan fingerprint density at radius 2 is 1.83 bits per heavy atom. The number of rotatable bonds is 4. The maximum Gasteiger partial charge on any atom is 0.251 e. The van der Waals surface area contributed by atoms with Crippen molar-refractivity contribution in [1.82, 2.24) is 15.2 Å². The average molecular weight is 403 g/mol. The van der Waals surface area contributed by atoms with Crippen LogP contribution in [0.5, 0.6) is 0 Å². The van der Waals surface area contributed by atoms with E-state index in [2.05, 4.69) is 63.5 Å². The number of benzene rings is 2. The van der Waals surface area contributed by atoms with Crippen molar-refractivity contribution < 1.29 is 4.79 Å². The van der Waals surface area contributed by atoms with Gasteiger partial charge in [0.2, 0.25) is 0 Å². The summed E-state index contributed by atoms with van der Waals surface area (Å²) in [5, 5.41) is 4.37. The van der Waals surface area contributed by atoms with Crippen LogP contribution >= 0.6 is 0 Å². The summed E-state index contributed by atoms with van der Waals surface area (Å²) in [6.45, 7) is 4.74. The van der Waals surface area contributed by atoms with Crippen LogP contribution in [-0.2, 0) is 19.4 Å². The maximum absolute atomic E-state index is 12.9. The summed E-state index contributed by atoms with van der Waals surface area (Å²) >= 11 is 0. The largest absolute Gasteiger partial charge is 0.369 e. The smallest absolute Gasteiger partial charge is 0.251 e. The number of aryl methyl sites for hydroxylation is 2. The highest BCUT2D eigenvalue weighted by Crippen LogP contribution is 2.30. The highest BCUT2D eigenvalue weighted by Gasteiger charge is 2.19. The van der Waals surface area contributed by atoms with E-state index in [0.29, 0.717) is 6.54 Å². The summed E-state index contributed by atoms with van der Waals surface area (Å²) in [6.07, 6.45) is 4.72. The molecule has 0 bridgehead atoms. The number of carbonyl (C=O) groups is 1. The monoisotopic (exact) mass is 402 g/mol. The molecule has 0 unspecified atom stereocenters. The fourth-order valence-electron chi connectivity index (χ4n) is 4.84. The van der Waals surface area contributed by atoms with Crippen molar-refractivity contribution in [2.45, 2.75) is 32.2 Å². The van der Waals surface area contributed by atoms with Crippen molar-refractivity contribution in [3.63, 3.8) is 0 Å². The van der Waals surface area contributed by atoms with Crippen LogP contribution in [0, 0.1) is 0 Å². The van der Waals surface area contributed by atoms with Crippen LogP contribution in [0.25, 0.3) is 10.9 Å². The zero-order valence-corrected chi connectivity index (χ0v) is 17.7. The molecule has 1 aliphatic carbocycles. The number of nitrogens with zero attached hydrogens (tertiary/aromatic N) is 2. The zero-order valence-electron chi connectivity index (χ0n) is 17.7. The second kappa shape index (κ2) is 8.15. The van der Waals surface area contributed by atoms with Crippen LogP contribution < -0.4 is 10.2 Å². The number of carbonyl (C=O) groups excluding carboxylic acids is 1. The van der Waals surface area contributed by atoms with Gasteiger partial charge in [-0.25, -0.2) is 0 Å². The average Bonchev–Trinajstić information content (AvgIpc) is 3.16. The lowest BCUT2D eigenvalue weighted by Crippen LogP contribution is -2.45. The predicted molar refractivity (Wildman–Crippen MR) is 122 cm³/mol. The van der Waals surface area contributed by atoms with Crippen LogP contribution in [-0.4, -0.2) is 49.0 Å². The number of nitrogens with one attached hydrogen (secondary N) is 2. The fraction of sp³-hybridized carbons (Fsp3) is 0.400. The SMILES string of the molecule is CN1CCN(c2ccccc2CNC(=O)c2ccc3[nH]c4c(c3c2)CCCC4)CC1. The first-order chi connectivity index (χ1) is 14.7. The van der Waals surface area contributed by atoms with Gasteiger partial charge in [0.15, 0.2) is 0 Å². The standard InChI is InChI=1S/C25H30N4O/c1-28-12-14-29(15-13-28)24-9-5-2-6-19(24)17-26-25(30)18-10-11-23-21(16-18)20-7-3-4-8-22(20)27-23/h2,5-6,9-11,16,27H,3-4,7-8,12-15,17H2,1H3,(H,26,30). The number of anilines is 1. The molecule has 30 heavy (non-hydrogen) atoms. The predicted octanol–water partition coefficient (Wildman–Crippen LogP) is 3.73. The molecule has 1 amide bonds. The Hall–Kier alpha value is -2.79. The number of fused-ring (bicyclic) bond motifs is 3. The summed E-state index contributed by atoms with van der Waals surface area (Å²) in [5.74, 6) is -0.00385. The topological polar surface area (TPSA) is 51.4 Å². The molecule has 2 heterocycles. The molecular formula is C25H30N4O. The minimum atomic E-state index is -0.00385. The molecule has 1 fully saturated rings. The van der Waals surface area contributed by atoms with Crippen LogP contribution in [0.1, 0.15) is 40.0 Å². The number of aromatic amines is 1. The van der Waals surface area contributed by atoms with E-state index in [1.165, 1.54) is 40.7 Å². The number of para-hydroxylation sites is 1. The molecule has 0 radical (unpaired) electrons. The van der Waals surface area contributed by atoms with Crippen molar-refractivity contribution in [2.75, 3.05) is 38.1 Å². The summed E-state index contributed by atoms with van der Waals surface area (Å²) in [6, 6.07) is 14.5. The van der Waals surface area contributed by atoms with Gasteiger partial charge in [0.05, 0.1) is 0 Å². The summed E-state index contributed by atoms with van der Waals surface area (Å²) in [4.78, 5) is 21.3. The Balaban J connectivity index is 1.32. The highest BCUT2D eigenvalue weighted by atomic mass is 16.1. The quantitative estimate of drug-likeness (QED) is 0.699. The lowest BCUT2D eigenvalue weighted by Gasteiger charge is -2.35. The highest BCUT2D eigenvalue weighted by molar-refractivity contribution is 5.99. The van der Waals surface area contributed by atoms with E-state index >= 15 is 0 Å². The molecule has 0 atom stereocenters. The van der Waals surface area contributed by atoms with Crippen LogP contribution in [0.15, 0.2) is 42.5 Å². The van der Waals surface area contributed by atoms with Gasteiger partial charge in [-0.05, 0) is 68.1 Å². The Labute approximate surface area is 178 Å². The molecule has 0 saturated carbocycles. The molecule has 1 saturated heterocycles. The van der Waals surface area contributed by atoms with Gasteiger partial charge in [0.1, 0.15) is 0 Å². The van der Waals surface area contributed by atoms with Gasteiger partial charge in [-0.3, -0.25) is 4.79 Å². The van der Waals surface area contributed by atoms with E-state index in [4.69, 9.17) is 0 Å². The van der Waals surface area contributed by atoms with E-state index in [-0.39, 0.29) is 5.91 Å². The third-order valence-electron chi connectivity index (χ3n) is 6.64. The minimum absolute atomic E-state index is 0.00385. The van der Waals surface area contributed by atoms with E-state index in [1.54, 1.807) is 0 Å². The lowest BCUT2D eigenvalue weighted by molar-refractivity contribution is 0.0951. The molecule has 1 aliphatic heterocycles. The number of hydrogen-bond donors (Lipinski definition) is 2. The molecule has 2 N–H and O–H groups in total. The van der Waals surface area contributed by atoms with Gasteiger partial charge in [-0.15, -0.1) is 0 Å². The van der Waals surface area contributed by atoms with Gasteiger partial charge in [-0.2, -0.15) is 0 Å². The molecule has 1 aromatic heterocycles. The molecule has 3 aromatic rings. The second-order valence-corrected chi connectivity index (χ2v) is 8.65. The molecule has 5 nitrogen and oxygen atoms in total. The second-order valence-electron chi connectivity index (χ2n) is 8.65. The molecule has 2 aromatic carbocycles. The first-order valence-electron chi connectivity index (χ1n) is 11.1. The number of amides is 1. The van der Waals surface area contributed by atoms with E-state index < -0.39 is 0 Å². The van der Waals surface area contributed by atoms with Crippen LogP contribution in [0.2, 0.25) is 0 Å². The van der Waals surface area contributed by atoms with Crippen LogP contribution in [0.3, 0.4) is 0 Å².